The zero-order valence-electron chi connectivity index (χ0n) is 11.1. The second-order valence-corrected chi connectivity index (χ2v) is 5.67. The van der Waals surface area contributed by atoms with Gasteiger partial charge in [0.15, 0.2) is 0 Å². The Hall–Kier alpha value is -2.34. The lowest BCUT2D eigenvalue weighted by Crippen LogP contribution is -2.16. The Kier molecular flexibility index (Phi) is 3.62. The number of benzene rings is 2. The zero-order chi connectivity index (χ0) is 15.7. The van der Waals surface area contributed by atoms with Crippen molar-refractivity contribution in [2.45, 2.75) is 6.18 Å². The molecule has 0 aliphatic heterocycles. The fourth-order valence-electron chi connectivity index (χ4n) is 2.19. The average molecular weight is 321 g/mol. The second kappa shape index (κ2) is 5.46. The van der Waals surface area contributed by atoms with Crippen molar-refractivity contribution in [3.63, 3.8) is 0 Å². The van der Waals surface area contributed by atoms with Gasteiger partial charge in [-0.3, -0.25) is 4.79 Å². The molecule has 0 aliphatic rings. The Balaban J connectivity index is 2.10. The molecule has 2 aromatic carbocycles. The number of carbonyl (C=O) groups is 1. The number of nitrogens with one attached hydrogen (secondary N) is 1. The van der Waals surface area contributed by atoms with Gasteiger partial charge >= 0.3 is 6.18 Å². The summed E-state index contributed by atoms with van der Waals surface area (Å²) in [7, 11) is 0. The molecular weight excluding hydrogens is 311 g/mol. The van der Waals surface area contributed by atoms with Crippen molar-refractivity contribution in [3.05, 3.63) is 65.0 Å². The molecule has 22 heavy (non-hydrogen) atoms. The van der Waals surface area contributed by atoms with Gasteiger partial charge in [-0.1, -0.05) is 36.4 Å². The maximum absolute atomic E-state index is 13.2. The molecular formula is C16H10F3NOS. The van der Waals surface area contributed by atoms with Crippen molar-refractivity contribution in [2.24, 2.45) is 0 Å². The SMILES string of the molecule is O=C(Nc1ccccc1)c1c(C(F)(F)F)sc2ccccc12. The molecule has 0 aliphatic carbocycles. The van der Waals surface area contributed by atoms with Crippen LogP contribution >= 0.6 is 11.3 Å². The lowest BCUT2D eigenvalue weighted by atomic mass is 10.1. The van der Waals surface area contributed by atoms with E-state index in [-0.39, 0.29) is 5.56 Å². The van der Waals surface area contributed by atoms with Gasteiger partial charge in [0.05, 0.1) is 5.56 Å². The van der Waals surface area contributed by atoms with Crippen LogP contribution in [0.1, 0.15) is 15.2 Å². The maximum Gasteiger partial charge on any atom is 0.426 e. The third kappa shape index (κ3) is 2.69. The van der Waals surface area contributed by atoms with Gasteiger partial charge in [-0.05, 0) is 18.2 Å². The van der Waals surface area contributed by atoms with Crippen molar-refractivity contribution >= 4 is 33.0 Å². The number of fused-ring (bicyclic) bond motifs is 1. The highest BCUT2D eigenvalue weighted by atomic mass is 32.1. The van der Waals surface area contributed by atoms with Crippen LogP contribution in [0.15, 0.2) is 54.6 Å². The third-order valence-corrected chi connectivity index (χ3v) is 4.33. The van der Waals surface area contributed by atoms with E-state index < -0.39 is 17.0 Å². The molecule has 0 atom stereocenters. The van der Waals surface area contributed by atoms with Gasteiger partial charge in [-0.2, -0.15) is 13.2 Å². The fourth-order valence-corrected chi connectivity index (χ4v) is 3.25. The quantitative estimate of drug-likeness (QED) is 0.693. The van der Waals surface area contributed by atoms with Crippen LogP contribution in [-0.2, 0) is 6.18 Å². The molecule has 0 fully saturated rings. The molecule has 1 aromatic heterocycles. The first-order chi connectivity index (χ1) is 10.5. The largest absolute Gasteiger partial charge is 0.426 e. The second-order valence-electron chi connectivity index (χ2n) is 4.62. The van der Waals surface area contributed by atoms with E-state index in [1.165, 1.54) is 6.07 Å². The number of alkyl halides is 3. The number of hydrogen-bond acceptors (Lipinski definition) is 2. The Labute approximate surface area is 128 Å². The van der Waals surface area contributed by atoms with Gasteiger partial charge in [-0.15, -0.1) is 11.3 Å². The number of para-hydroxylation sites is 1. The number of thiophene rings is 1. The van der Waals surface area contributed by atoms with Crippen molar-refractivity contribution in [1.29, 1.82) is 0 Å². The third-order valence-electron chi connectivity index (χ3n) is 3.11. The molecule has 112 valence electrons. The number of hydrogen-bond donors (Lipinski definition) is 1. The molecule has 6 heteroatoms. The monoisotopic (exact) mass is 321 g/mol. The highest BCUT2D eigenvalue weighted by Crippen LogP contribution is 2.42. The summed E-state index contributed by atoms with van der Waals surface area (Å²) in [6.07, 6.45) is -4.56. The van der Waals surface area contributed by atoms with Crippen LogP contribution in [0.25, 0.3) is 10.1 Å². The van der Waals surface area contributed by atoms with Crippen LogP contribution in [0.3, 0.4) is 0 Å². The zero-order valence-corrected chi connectivity index (χ0v) is 12.0. The highest BCUT2D eigenvalue weighted by molar-refractivity contribution is 7.19. The summed E-state index contributed by atoms with van der Waals surface area (Å²) in [6, 6.07) is 14.8. The summed E-state index contributed by atoms with van der Waals surface area (Å²) < 4.78 is 40.1. The van der Waals surface area contributed by atoms with Crippen molar-refractivity contribution in [2.75, 3.05) is 5.32 Å². The molecule has 1 amide bonds. The molecule has 2 nitrogen and oxygen atoms in total. The van der Waals surface area contributed by atoms with Gasteiger partial charge in [0.1, 0.15) is 4.88 Å². The standard InChI is InChI=1S/C16H10F3NOS/c17-16(18,19)14-13(11-8-4-5-9-12(11)22-14)15(21)20-10-6-2-1-3-7-10/h1-9H,(H,20,21). The van der Waals surface area contributed by atoms with Crippen LogP contribution in [0.5, 0.6) is 0 Å². The summed E-state index contributed by atoms with van der Waals surface area (Å²) in [5.74, 6) is -0.754. The number of carbonyl (C=O) groups excluding carboxylic acids is 1. The summed E-state index contributed by atoms with van der Waals surface area (Å²) in [5, 5.41) is 2.83. The Morgan fingerprint density at radius 3 is 2.27 bits per heavy atom. The molecule has 0 saturated carbocycles. The van der Waals surface area contributed by atoms with Crippen molar-refractivity contribution in [3.8, 4) is 0 Å². The van der Waals surface area contributed by atoms with Crippen LogP contribution in [0.2, 0.25) is 0 Å². The minimum absolute atomic E-state index is 0.313. The van der Waals surface area contributed by atoms with E-state index >= 15 is 0 Å². The lowest BCUT2D eigenvalue weighted by molar-refractivity contribution is -0.134. The minimum Gasteiger partial charge on any atom is -0.322 e. The van der Waals surface area contributed by atoms with Gasteiger partial charge in [0, 0.05) is 15.8 Å². The normalized spacial score (nSPS) is 11.6. The average Bonchev–Trinajstić information content (AvgIpc) is 2.88. The summed E-state index contributed by atoms with van der Waals surface area (Å²) >= 11 is 0.584. The topological polar surface area (TPSA) is 29.1 Å². The van der Waals surface area contributed by atoms with Crippen LogP contribution in [0.4, 0.5) is 18.9 Å². The van der Waals surface area contributed by atoms with E-state index in [4.69, 9.17) is 0 Å². The predicted octanol–water partition coefficient (Wildman–Crippen LogP) is 5.17. The molecule has 1 N–H and O–H groups in total. The molecule has 3 aromatic rings. The van der Waals surface area contributed by atoms with E-state index in [9.17, 15) is 18.0 Å². The number of rotatable bonds is 2. The number of anilines is 1. The fraction of sp³-hybridized carbons (Fsp3) is 0.0625. The van der Waals surface area contributed by atoms with Gasteiger partial charge in [0.25, 0.3) is 5.91 Å². The van der Waals surface area contributed by atoms with Gasteiger partial charge in [0.2, 0.25) is 0 Å². The van der Waals surface area contributed by atoms with E-state index in [0.717, 1.165) is 0 Å². The lowest BCUT2D eigenvalue weighted by Gasteiger charge is -2.09. The van der Waals surface area contributed by atoms with Crippen LogP contribution in [0, 0.1) is 0 Å². The molecule has 0 spiro atoms. The first-order valence-corrected chi connectivity index (χ1v) is 7.23. The first-order valence-electron chi connectivity index (χ1n) is 6.42. The van der Waals surface area contributed by atoms with Crippen LogP contribution in [-0.4, -0.2) is 5.91 Å². The predicted molar refractivity (Wildman–Crippen MR) is 81.2 cm³/mol. The van der Waals surface area contributed by atoms with E-state index in [1.807, 2.05) is 0 Å². The summed E-state index contributed by atoms with van der Waals surface area (Å²) in [5.41, 5.74) is 0.132. The maximum atomic E-state index is 13.2. The first kappa shape index (κ1) is 14.6. The summed E-state index contributed by atoms with van der Waals surface area (Å²) in [4.78, 5) is 11.5. The summed E-state index contributed by atoms with van der Waals surface area (Å²) in [6.45, 7) is 0. The number of amides is 1. The molecule has 0 saturated heterocycles. The number of halogens is 3. The van der Waals surface area contributed by atoms with E-state index in [2.05, 4.69) is 5.32 Å². The smallest absolute Gasteiger partial charge is 0.322 e. The Morgan fingerprint density at radius 1 is 0.955 bits per heavy atom. The van der Waals surface area contributed by atoms with E-state index in [0.29, 0.717) is 27.1 Å². The van der Waals surface area contributed by atoms with E-state index in [1.54, 1.807) is 48.5 Å². The Bertz CT molecular complexity index is 824. The molecule has 1 heterocycles. The van der Waals surface area contributed by atoms with Gasteiger partial charge < -0.3 is 5.32 Å². The van der Waals surface area contributed by atoms with Crippen LogP contribution < -0.4 is 5.32 Å². The molecule has 0 radical (unpaired) electrons. The van der Waals surface area contributed by atoms with Gasteiger partial charge in [-0.25, -0.2) is 0 Å². The highest BCUT2D eigenvalue weighted by Gasteiger charge is 2.38. The van der Waals surface area contributed by atoms with Crippen molar-refractivity contribution < 1.29 is 18.0 Å². The minimum atomic E-state index is -4.56. The van der Waals surface area contributed by atoms with Crippen molar-refractivity contribution in [1.82, 2.24) is 0 Å². The molecule has 3 rings (SSSR count). The molecule has 0 bridgehead atoms. The Morgan fingerprint density at radius 2 is 1.59 bits per heavy atom. The molecule has 0 unspecified atom stereocenters.